The van der Waals surface area contributed by atoms with Crippen LogP contribution >= 0.6 is 0 Å². The summed E-state index contributed by atoms with van der Waals surface area (Å²) in [4.78, 5) is 12.2. The number of hydrogen-bond donors (Lipinski definition) is 0. The Balaban J connectivity index is 1.73. The van der Waals surface area contributed by atoms with Gasteiger partial charge in [0.15, 0.2) is 11.5 Å². The van der Waals surface area contributed by atoms with Crippen molar-refractivity contribution in [3.8, 4) is 17.2 Å². The Labute approximate surface area is 153 Å². The van der Waals surface area contributed by atoms with Gasteiger partial charge in [-0.05, 0) is 47.7 Å². The molecular formula is C21H22O5. The molecule has 1 atom stereocenters. The van der Waals surface area contributed by atoms with Crippen LogP contribution in [0.15, 0.2) is 42.5 Å². The van der Waals surface area contributed by atoms with Gasteiger partial charge in [0.05, 0.1) is 21.3 Å². The first kappa shape index (κ1) is 17.9. The Morgan fingerprint density at radius 2 is 1.73 bits per heavy atom. The summed E-state index contributed by atoms with van der Waals surface area (Å²) >= 11 is 0. The molecule has 0 aliphatic heterocycles. The van der Waals surface area contributed by atoms with E-state index in [1.165, 1.54) is 11.6 Å². The molecule has 0 saturated heterocycles. The summed E-state index contributed by atoms with van der Waals surface area (Å²) in [7, 11) is 4.65. The first-order valence-electron chi connectivity index (χ1n) is 8.42. The van der Waals surface area contributed by atoms with Gasteiger partial charge < -0.3 is 18.9 Å². The smallest absolute Gasteiger partial charge is 0.331 e. The monoisotopic (exact) mass is 354 g/mol. The van der Waals surface area contributed by atoms with Crippen LogP contribution in [0.2, 0.25) is 0 Å². The number of esters is 1. The molecule has 26 heavy (non-hydrogen) atoms. The van der Waals surface area contributed by atoms with Crippen LogP contribution in [0.3, 0.4) is 0 Å². The van der Waals surface area contributed by atoms with Gasteiger partial charge in [0.25, 0.3) is 0 Å². The first-order chi connectivity index (χ1) is 12.7. The number of fused-ring (bicyclic) bond motifs is 1. The van der Waals surface area contributed by atoms with Gasteiger partial charge in [-0.15, -0.1) is 0 Å². The van der Waals surface area contributed by atoms with E-state index < -0.39 is 0 Å². The van der Waals surface area contributed by atoms with E-state index in [1.807, 2.05) is 18.2 Å². The van der Waals surface area contributed by atoms with E-state index in [-0.39, 0.29) is 12.1 Å². The zero-order valence-corrected chi connectivity index (χ0v) is 15.2. The molecule has 2 aromatic carbocycles. The fourth-order valence-electron chi connectivity index (χ4n) is 3.18. The molecular weight excluding hydrogens is 332 g/mol. The molecule has 5 heteroatoms. The molecule has 0 fully saturated rings. The Kier molecular flexibility index (Phi) is 5.46. The number of hydrogen-bond acceptors (Lipinski definition) is 5. The van der Waals surface area contributed by atoms with Crippen LogP contribution in [0.4, 0.5) is 0 Å². The van der Waals surface area contributed by atoms with Crippen molar-refractivity contribution in [2.75, 3.05) is 21.3 Å². The van der Waals surface area contributed by atoms with Crippen LogP contribution in [0.25, 0.3) is 6.08 Å². The molecule has 3 rings (SSSR count). The van der Waals surface area contributed by atoms with E-state index >= 15 is 0 Å². The standard InChI is InChI=1S/C21H22O5/c1-23-18-12-14(13-19(24-2)21(18)25-3)8-11-20(22)26-17-10-9-15-6-4-5-7-16(15)17/h4-8,11-13,17H,9-10H2,1-3H3/b11-8+/t17-/m0/s1. The molecule has 0 unspecified atom stereocenters. The number of rotatable bonds is 6. The van der Waals surface area contributed by atoms with Crippen molar-refractivity contribution < 1.29 is 23.7 Å². The van der Waals surface area contributed by atoms with Gasteiger partial charge in [-0.1, -0.05) is 24.3 Å². The lowest BCUT2D eigenvalue weighted by atomic mass is 10.1. The molecule has 0 aromatic heterocycles. The molecule has 0 N–H and O–H groups in total. The summed E-state index contributed by atoms with van der Waals surface area (Å²) in [5.74, 6) is 1.20. The predicted octanol–water partition coefficient (Wildman–Crippen LogP) is 3.96. The molecule has 0 saturated carbocycles. The normalized spacial score (nSPS) is 15.6. The summed E-state index contributed by atoms with van der Waals surface area (Å²) in [5, 5.41) is 0. The number of aryl methyl sites for hydroxylation is 1. The van der Waals surface area contributed by atoms with Crippen LogP contribution in [0, 0.1) is 0 Å². The van der Waals surface area contributed by atoms with Crippen molar-refractivity contribution in [3.05, 3.63) is 59.2 Å². The van der Waals surface area contributed by atoms with E-state index in [9.17, 15) is 4.79 Å². The minimum atomic E-state index is -0.375. The fourth-order valence-corrected chi connectivity index (χ4v) is 3.18. The van der Waals surface area contributed by atoms with Crippen molar-refractivity contribution in [2.45, 2.75) is 18.9 Å². The quantitative estimate of drug-likeness (QED) is 0.581. The van der Waals surface area contributed by atoms with Crippen LogP contribution in [-0.2, 0) is 16.0 Å². The lowest BCUT2D eigenvalue weighted by molar-refractivity contribution is -0.143. The van der Waals surface area contributed by atoms with E-state index in [0.29, 0.717) is 17.2 Å². The highest BCUT2D eigenvalue weighted by Gasteiger charge is 2.24. The molecule has 1 aliphatic rings. The Bertz CT molecular complexity index is 800. The minimum Gasteiger partial charge on any atom is -0.493 e. The molecule has 0 bridgehead atoms. The third-order valence-electron chi connectivity index (χ3n) is 4.44. The number of ether oxygens (including phenoxy) is 4. The second-order valence-corrected chi connectivity index (χ2v) is 5.96. The Morgan fingerprint density at radius 3 is 2.38 bits per heavy atom. The van der Waals surface area contributed by atoms with Gasteiger partial charge in [0.2, 0.25) is 5.75 Å². The van der Waals surface area contributed by atoms with Crippen molar-refractivity contribution in [1.29, 1.82) is 0 Å². The Morgan fingerprint density at radius 1 is 1.04 bits per heavy atom. The zero-order chi connectivity index (χ0) is 18.5. The van der Waals surface area contributed by atoms with Crippen molar-refractivity contribution >= 4 is 12.0 Å². The summed E-state index contributed by atoms with van der Waals surface area (Å²) < 4.78 is 21.5. The molecule has 136 valence electrons. The second kappa shape index (κ2) is 7.95. The lowest BCUT2D eigenvalue weighted by Crippen LogP contribution is -2.06. The van der Waals surface area contributed by atoms with Gasteiger partial charge in [-0.25, -0.2) is 4.79 Å². The van der Waals surface area contributed by atoms with Gasteiger partial charge in [-0.2, -0.15) is 0 Å². The number of carbonyl (C=O) groups excluding carboxylic acids is 1. The highest BCUT2D eigenvalue weighted by atomic mass is 16.5. The minimum absolute atomic E-state index is 0.178. The van der Waals surface area contributed by atoms with Crippen molar-refractivity contribution in [2.24, 2.45) is 0 Å². The average Bonchev–Trinajstić information content (AvgIpc) is 3.08. The van der Waals surface area contributed by atoms with Gasteiger partial charge in [0, 0.05) is 6.08 Å². The largest absolute Gasteiger partial charge is 0.493 e. The van der Waals surface area contributed by atoms with E-state index in [4.69, 9.17) is 18.9 Å². The van der Waals surface area contributed by atoms with E-state index in [0.717, 1.165) is 24.0 Å². The molecule has 1 aliphatic carbocycles. The SMILES string of the molecule is COc1cc(/C=C/C(=O)O[C@H]2CCc3ccccc32)cc(OC)c1OC. The fraction of sp³-hybridized carbons (Fsp3) is 0.286. The summed E-state index contributed by atoms with van der Waals surface area (Å²) in [6.45, 7) is 0. The van der Waals surface area contributed by atoms with Crippen LogP contribution in [-0.4, -0.2) is 27.3 Å². The van der Waals surface area contributed by atoms with Crippen molar-refractivity contribution in [3.63, 3.8) is 0 Å². The van der Waals surface area contributed by atoms with Crippen LogP contribution in [0.1, 0.15) is 29.2 Å². The molecule has 0 amide bonds. The predicted molar refractivity (Wildman–Crippen MR) is 98.7 cm³/mol. The van der Waals surface area contributed by atoms with E-state index in [2.05, 4.69) is 6.07 Å². The molecule has 0 spiro atoms. The molecule has 0 heterocycles. The summed E-state index contributed by atoms with van der Waals surface area (Å²) in [5.41, 5.74) is 3.10. The van der Waals surface area contributed by atoms with Crippen LogP contribution < -0.4 is 14.2 Å². The van der Waals surface area contributed by atoms with Crippen molar-refractivity contribution in [1.82, 2.24) is 0 Å². The first-order valence-corrected chi connectivity index (χ1v) is 8.42. The average molecular weight is 354 g/mol. The number of benzene rings is 2. The Hall–Kier alpha value is -2.95. The lowest BCUT2D eigenvalue weighted by Gasteiger charge is -2.13. The van der Waals surface area contributed by atoms with Gasteiger partial charge in [0.1, 0.15) is 6.10 Å². The topological polar surface area (TPSA) is 54.0 Å². The molecule has 0 radical (unpaired) electrons. The van der Waals surface area contributed by atoms with Gasteiger partial charge >= 0.3 is 5.97 Å². The third-order valence-corrected chi connectivity index (χ3v) is 4.44. The van der Waals surface area contributed by atoms with Gasteiger partial charge in [-0.3, -0.25) is 0 Å². The maximum Gasteiger partial charge on any atom is 0.331 e. The second-order valence-electron chi connectivity index (χ2n) is 5.96. The third kappa shape index (κ3) is 3.67. The maximum absolute atomic E-state index is 12.2. The highest BCUT2D eigenvalue weighted by Crippen LogP contribution is 2.38. The highest BCUT2D eigenvalue weighted by molar-refractivity contribution is 5.87. The summed E-state index contributed by atoms with van der Waals surface area (Å²) in [6.07, 6.45) is 4.67. The zero-order valence-electron chi connectivity index (χ0n) is 15.2. The maximum atomic E-state index is 12.2. The van der Waals surface area contributed by atoms with E-state index in [1.54, 1.807) is 39.5 Å². The number of methoxy groups -OCH3 is 3. The summed E-state index contributed by atoms with van der Waals surface area (Å²) in [6, 6.07) is 11.6. The molecule has 2 aromatic rings. The molecule has 5 nitrogen and oxygen atoms in total. The number of carbonyl (C=O) groups is 1. The van der Waals surface area contributed by atoms with Crippen LogP contribution in [0.5, 0.6) is 17.2 Å².